The van der Waals surface area contributed by atoms with Gasteiger partial charge in [-0.15, -0.1) is 0 Å². The van der Waals surface area contributed by atoms with Crippen LogP contribution in [0.5, 0.6) is 0 Å². The van der Waals surface area contributed by atoms with E-state index in [1.165, 1.54) is 6.07 Å². The number of rotatable bonds is 6. The Morgan fingerprint density at radius 3 is 2.78 bits per heavy atom. The van der Waals surface area contributed by atoms with E-state index in [0.717, 1.165) is 29.0 Å². The maximum Gasteiger partial charge on any atom is 0.191 e. The highest BCUT2D eigenvalue weighted by Gasteiger charge is 2.07. The molecule has 2 N–H and O–H groups in total. The van der Waals surface area contributed by atoms with Crippen molar-refractivity contribution in [1.29, 1.82) is 0 Å². The Kier molecular flexibility index (Phi) is 6.01. The highest BCUT2D eigenvalue weighted by molar-refractivity contribution is 5.79. The van der Waals surface area contributed by atoms with Crippen molar-refractivity contribution in [3.63, 3.8) is 0 Å². The second kappa shape index (κ2) is 8.62. The topological polar surface area (TPSA) is 54.2 Å². The fourth-order valence-corrected chi connectivity index (χ4v) is 2.93. The maximum atomic E-state index is 13.7. The first-order chi connectivity index (χ1) is 13.1. The minimum atomic E-state index is -0.470. The van der Waals surface area contributed by atoms with Gasteiger partial charge in [0.25, 0.3) is 0 Å². The largest absolute Gasteiger partial charge is 0.357 e. The van der Waals surface area contributed by atoms with Gasteiger partial charge in [-0.05, 0) is 44.2 Å². The molecule has 0 spiro atoms. The first-order valence-electron chi connectivity index (χ1n) is 8.96. The molecule has 0 unspecified atom stereocenters. The number of para-hydroxylation sites is 2. The number of guanidine groups is 1. The summed E-state index contributed by atoms with van der Waals surface area (Å²) in [6.45, 7) is 6.00. The van der Waals surface area contributed by atoms with Crippen LogP contribution in [-0.4, -0.2) is 28.6 Å². The van der Waals surface area contributed by atoms with E-state index in [1.54, 1.807) is 0 Å². The quantitative estimate of drug-likeness (QED) is 0.516. The molecular formula is C20H23F2N5. The van der Waals surface area contributed by atoms with E-state index in [0.29, 0.717) is 25.6 Å². The lowest BCUT2D eigenvalue weighted by atomic mass is 10.2. The predicted octanol–water partition coefficient (Wildman–Crippen LogP) is 3.38. The summed E-state index contributed by atoms with van der Waals surface area (Å²) >= 11 is 0. The van der Waals surface area contributed by atoms with Crippen molar-refractivity contribution in [3.8, 4) is 0 Å². The van der Waals surface area contributed by atoms with Gasteiger partial charge in [-0.3, -0.25) is 0 Å². The number of aryl methyl sites for hydroxylation is 1. The number of aliphatic imine (C=N–C) groups is 1. The third kappa shape index (κ3) is 4.61. The monoisotopic (exact) mass is 371 g/mol. The van der Waals surface area contributed by atoms with Gasteiger partial charge < -0.3 is 15.2 Å². The van der Waals surface area contributed by atoms with Gasteiger partial charge in [-0.1, -0.05) is 12.1 Å². The predicted molar refractivity (Wildman–Crippen MR) is 104 cm³/mol. The lowest BCUT2D eigenvalue weighted by Crippen LogP contribution is -2.39. The van der Waals surface area contributed by atoms with Crippen LogP contribution in [-0.2, 0) is 13.1 Å². The zero-order valence-electron chi connectivity index (χ0n) is 15.5. The summed E-state index contributed by atoms with van der Waals surface area (Å²) in [6, 6.07) is 11.4. The number of nitrogens with one attached hydrogen (secondary N) is 2. The van der Waals surface area contributed by atoms with Crippen molar-refractivity contribution in [3.05, 3.63) is 65.5 Å². The van der Waals surface area contributed by atoms with Crippen LogP contribution < -0.4 is 10.6 Å². The Hall–Kier alpha value is -2.96. The molecule has 1 aromatic heterocycles. The number of halogens is 2. The molecule has 2 aromatic carbocycles. The van der Waals surface area contributed by atoms with Crippen LogP contribution in [0.4, 0.5) is 8.78 Å². The van der Waals surface area contributed by atoms with E-state index >= 15 is 0 Å². The van der Waals surface area contributed by atoms with Gasteiger partial charge in [0.15, 0.2) is 5.96 Å². The van der Waals surface area contributed by atoms with E-state index in [1.807, 2.05) is 38.1 Å². The molecule has 3 rings (SSSR count). The van der Waals surface area contributed by atoms with E-state index in [4.69, 9.17) is 0 Å². The average Bonchev–Trinajstić information content (AvgIpc) is 2.97. The summed E-state index contributed by atoms with van der Waals surface area (Å²) in [4.78, 5) is 8.91. The van der Waals surface area contributed by atoms with E-state index in [2.05, 4.69) is 25.2 Å². The fraction of sp³-hybridized carbons (Fsp3) is 0.300. The molecule has 0 radical (unpaired) electrons. The van der Waals surface area contributed by atoms with Crippen LogP contribution in [0.15, 0.2) is 47.5 Å². The summed E-state index contributed by atoms with van der Waals surface area (Å²) < 4.78 is 29.2. The minimum absolute atomic E-state index is 0.0615. The molecule has 0 bridgehead atoms. The second-order valence-corrected chi connectivity index (χ2v) is 6.16. The number of benzene rings is 2. The van der Waals surface area contributed by atoms with Crippen LogP contribution >= 0.6 is 0 Å². The molecule has 5 nitrogen and oxygen atoms in total. The van der Waals surface area contributed by atoms with E-state index < -0.39 is 11.6 Å². The molecular weight excluding hydrogens is 348 g/mol. The van der Waals surface area contributed by atoms with Crippen molar-refractivity contribution in [2.24, 2.45) is 4.99 Å². The Balaban J connectivity index is 1.66. The summed E-state index contributed by atoms with van der Waals surface area (Å²) in [5.74, 6) is 0.573. The lowest BCUT2D eigenvalue weighted by Gasteiger charge is -2.13. The molecule has 0 atom stereocenters. The summed E-state index contributed by atoms with van der Waals surface area (Å²) in [5.41, 5.74) is 2.28. The third-order valence-corrected chi connectivity index (χ3v) is 4.23. The normalized spacial score (nSPS) is 11.8. The van der Waals surface area contributed by atoms with Crippen LogP contribution in [0.25, 0.3) is 11.0 Å². The molecule has 3 aromatic rings. The Morgan fingerprint density at radius 1 is 1.15 bits per heavy atom. The molecule has 0 amide bonds. The molecule has 0 fully saturated rings. The molecule has 7 heteroatoms. The van der Waals surface area contributed by atoms with Crippen LogP contribution in [0.2, 0.25) is 0 Å². The van der Waals surface area contributed by atoms with Crippen molar-refractivity contribution in [2.75, 3.05) is 13.1 Å². The smallest absolute Gasteiger partial charge is 0.191 e. The molecule has 0 saturated heterocycles. The number of imidazole rings is 1. The maximum absolute atomic E-state index is 13.7. The van der Waals surface area contributed by atoms with Gasteiger partial charge in [0.2, 0.25) is 0 Å². The molecule has 0 aliphatic heterocycles. The van der Waals surface area contributed by atoms with E-state index in [-0.39, 0.29) is 12.1 Å². The van der Waals surface area contributed by atoms with Crippen LogP contribution in [0.3, 0.4) is 0 Å². The molecule has 27 heavy (non-hydrogen) atoms. The lowest BCUT2D eigenvalue weighted by molar-refractivity contribution is 0.585. The molecule has 142 valence electrons. The standard InChI is InChI=1S/C20H23F2N5/c1-3-23-20(25-13-15-12-16(21)8-9-17(15)22)24-10-11-27-14(2)26-18-6-4-5-7-19(18)27/h4-9,12H,3,10-11,13H2,1-2H3,(H2,23,24,25). The Labute approximate surface area is 157 Å². The molecule has 1 heterocycles. The van der Waals surface area contributed by atoms with Gasteiger partial charge in [-0.2, -0.15) is 0 Å². The number of hydrogen-bond acceptors (Lipinski definition) is 2. The van der Waals surface area contributed by atoms with Crippen molar-refractivity contribution >= 4 is 17.0 Å². The van der Waals surface area contributed by atoms with Gasteiger partial charge in [-0.25, -0.2) is 18.8 Å². The van der Waals surface area contributed by atoms with Gasteiger partial charge in [0, 0.05) is 25.2 Å². The highest BCUT2D eigenvalue weighted by Crippen LogP contribution is 2.15. The van der Waals surface area contributed by atoms with Crippen molar-refractivity contribution in [2.45, 2.75) is 26.9 Å². The Morgan fingerprint density at radius 2 is 1.96 bits per heavy atom. The summed E-state index contributed by atoms with van der Waals surface area (Å²) in [6.07, 6.45) is 0. The molecule has 0 saturated carbocycles. The van der Waals surface area contributed by atoms with E-state index in [9.17, 15) is 8.78 Å². The fourth-order valence-electron chi connectivity index (χ4n) is 2.93. The first-order valence-corrected chi connectivity index (χ1v) is 8.96. The summed E-state index contributed by atoms with van der Waals surface area (Å²) in [5, 5.41) is 6.35. The second-order valence-electron chi connectivity index (χ2n) is 6.16. The van der Waals surface area contributed by atoms with Crippen molar-refractivity contribution < 1.29 is 8.78 Å². The van der Waals surface area contributed by atoms with Crippen LogP contribution in [0, 0.1) is 18.6 Å². The summed E-state index contributed by atoms with van der Waals surface area (Å²) in [7, 11) is 0. The van der Waals surface area contributed by atoms with Crippen LogP contribution in [0.1, 0.15) is 18.3 Å². The van der Waals surface area contributed by atoms with Gasteiger partial charge in [0.05, 0.1) is 17.6 Å². The average molecular weight is 371 g/mol. The zero-order chi connectivity index (χ0) is 19.2. The first kappa shape index (κ1) is 18.8. The van der Waals surface area contributed by atoms with Gasteiger partial charge in [0.1, 0.15) is 17.5 Å². The third-order valence-electron chi connectivity index (χ3n) is 4.23. The molecule has 0 aliphatic rings. The SMILES string of the molecule is CCNC(=NCc1cc(F)ccc1F)NCCn1c(C)nc2ccccc21. The number of aromatic nitrogens is 2. The Bertz CT molecular complexity index is 949. The number of fused-ring (bicyclic) bond motifs is 1. The number of hydrogen-bond donors (Lipinski definition) is 2. The zero-order valence-corrected chi connectivity index (χ0v) is 15.5. The van der Waals surface area contributed by atoms with Gasteiger partial charge >= 0.3 is 0 Å². The minimum Gasteiger partial charge on any atom is -0.357 e. The highest BCUT2D eigenvalue weighted by atomic mass is 19.1. The molecule has 0 aliphatic carbocycles. The van der Waals surface area contributed by atoms with Crippen molar-refractivity contribution in [1.82, 2.24) is 20.2 Å². The number of nitrogens with zero attached hydrogens (tertiary/aromatic N) is 3.